The van der Waals surface area contributed by atoms with Crippen molar-refractivity contribution in [2.75, 3.05) is 13.2 Å². The monoisotopic (exact) mass is 434 g/mol. The molecule has 2 aromatic carbocycles. The van der Waals surface area contributed by atoms with Crippen molar-refractivity contribution in [3.05, 3.63) is 65.4 Å². The number of likely N-dealkylation sites (N-methyl/N-ethyl adjacent to an activating group) is 1. The molecule has 2 saturated carbocycles. The summed E-state index contributed by atoms with van der Waals surface area (Å²) in [6.45, 7) is 3.00. The largest absolute Gasteiger partial charge is 0.494 e. The van der Waals surface area contributed by atoms with E-state index >= 15 is 0 Å². The lowest BCUT2D eigenvalue weighted by atomic mass is 10.1. The third kappa shape index (κ3) is 6.61. The summed E-state index contributed by atoms with van der Waals surface area (Å²) in [6, 6.07) is 14.5. The Hall–Kier alpha value is -3.28. The summed E-state index contributed by atoms with van der Waals surface area (Å²) in [5.41, 5.74) is 1.45. The zero-order chi connectivity index (χ0) is 22.3. The number of hydrogen-bond donors (Lipinski definition) is 2. The van der Waals surface area contributed by atoms with E-state index in [0.717, 1.165) is 42.2 Å². The van der Waals surface area contributed by atoms with E-state index in [-0.39, 0.29) is 17.5 Å². The van der Waals surface area contributed by atoms with Gasteiger partial charge in [-0.25, -0.2) is 0 Å². The summed E-state index contributed by atoms with van der Waals surface area (Å²) in [5.74, 6) is 1.70. The van der Waals surface area contributed by atoms with Crippen LogP contribution in [0.15, 0.2) is 54.2 Å². The second-order valence-electron chi connectivity index (χ2n) is 8.36. The zero-order valence-corrected chi connectivity index (χ0v) is 18.4. The van der Waals surface area contributed by atoms with Gasteiger partial charge in [-0.05, 0) is 80.1 Å². The second-order valence-corrected chi connectivity index (χ2v) is 8.36. The lowest BCUT2D eigenvalue weighted by Gasteiger charge is -2.11. The number of carbonyl (C=O) groups excluding carboxylic acids is 2. The van der Waals surface area contributed by atoms with Gasteiger partial charge in [-0.1, -0.05) is 25.0 Å². The Morgan fingerprint density at radius 2 is 1.66 bits per heavy atom. The highest BCUT2D eigenvalue weighted by atomic mass is 16.5. The van der Waals surface area contributed by atoms with E-state index in [0.29, 0.717) is 24.8 Å². The maximum Gasteiger partial charge on any atom is 0.267 e. The van der Waals surface area contributed by atoms with Gasteiger partial charge in [0.2, 0.25) is 0 Å². The first-order chi connectivity index (χ1) is 15.6. The van der Waals surface area contributed by atoms with Crippen molar-refractivity contribution in [2.45, 2.75) is 45.1 Å². The van der Waals surface area contributed by atoms with Crippen LogP contribution in [0.4, 0.5) is 0 Å². The molecule has 0 aromatic heterocycles. The van der Waals surface area contributed by atoms with E-state index in [1.165, 1.54) is 12.8 Å². The van der Waals surface area contributed by atoms with Gasteiger partial charge < -0.3 is 20.1 Å². The van der Waals surface area contributed by atoms with E-state index in [1.807, 2.05) is 31.2 Å². The van der Waals surface area contributed by atoms with Crippen molar-refractivity contribution in [3.8, 4) is 11.5 Å². The topological polar surface area (TPSA) is 76.7 Å². The minimum atomic E-state index is -0.347. The Morgan fingerprint density at radius 1 is 0.969 bits per heavy atom. The smallest absolute Gasteiger partial charge is 0.267 e. The molecule has 2 aliphatic rings. The predicted molar refractivity (Wildman–Crippen MR) is 123 cm³/mol. The molecule has 2 aliphatic carbocycles. The van der Waals surface area contributed by atoms with Crippen molar-refractivity contribution >= 4 is 17.9 Å². The van der Waals surface area contributed by atoms with Gasteiger partial charge in [0.15, 0.2) is 0 Å². The average Bonchev–Trinajstić information content (AvgIpc) is 3.72. The van der Waals surface area contributed by atoms with Gasteiger partial charge in [-0.2, -0.15) is 0 Å². The zero-order valence-electron chi connectivity index (χ0n) is 18.4. The van der Waals surface area contributed by atoms with Crippen LogP contribution >= 0.6 is 0 Å². The molecule has 32 heavy (non-hydrogen) atoms. The Kier molecular flexibility index (Phi) is 7.10. The van der Waals surface area contributed by atoms with Crippen LogP contribution in [0.1, 0.15) is 54.9 Å². The quantitative estimate of drug-likeness (QED) is 0.517. The molecule has 2 amide bonds. The number of rotatable bonds is 11. The lowest BCUT2D eigenvalue weighted by molar-refractivity contribution is -0.117. The minimum absolute atomic E-state index is 0.192. The summed E-state index contributed by atoms with van der Waals surface area (Å²) in [4.78, 5) is 25.3. The van der Waals surface area contributed by atoms with Gasteiger partial charge in [-0.3, -0.25) is 9.59 Å². The minimum Gasteiger partial charge on any atom is -0.494 e. The molecule has 0 aliphatic heterocycles. The second kappa shape index (κ2) is 10.4. The molecule has 6 heteroatoms. The van der Waals surface area contributed by atoms with Gasteiger partial charge in [0.25, 0.3) is 11.8 Å². The van der Waals surface area contributed by atoms with E-state index < -0.39 is 0 Å². The molecule has 0 unspecified atom stereocenters. The van der Waals surface area contributed by atoms with Crippen LogP contribution in [0.5, 0.6) is 11.5 Å². The van der Waals surface area contributed by atoms with Crippen molar-refractivity contribution in [3.63, 3.8) is 0 Å². The fraction of sp³-hybridized carbons (Fsp3) is 0.385. The molecule has 2 N–H and O–H groups in total. The number of hydrogen-bond acceptors (Lipinski definition) is 4. The maximum absolute atomic E-state index is 12.8. The summed E-state index contributed by atoms with van der Waals surface area (Å²) < 4.78 is 11.5. The summed E-state index contributed by atoms with van der Waals surface area (Å²) in [5, 5.41) is 5.50. The van der Waals surface area contributed by atoms with Crippen LogP contribution in [-0.2, 0) is 4.79 Å². The van der Waals surface area contributed by atoms with Gasteiger partial charge in [-0.15, -0.1) is 0 Å². The van der Waals surface area contributed by atoms with E-state index in [2.05, 4.69) is 10.6 Å². The fourth-order valence-corrected chi connectivity index (χ4v) is 3.25. The normalized spacial score (nSPS) is 15.7. The van der Waals surface area contributed by atoms with E-state index in [4.69, 9.17) is 9.47 Å². The van der Waals surface area contributed by atoms with Gasteiger partial charge >= 0.3 is 0 Å². The molecule has 0 saturated heterocycles. The van der Waals surface area contributed by atoms with Crippen LogP contribution in [0, 0.1) is 5.92 Å². The van der Waals surface area contributed by atoms with Crippen LogP contribution in [0.25, 0.3) is 6.08 Å². The molecule has 0 bridgehead atoms. The molecule has 0 spiro atoms. The number of carbonyl (C=O) groups is 2. The van der Waals surface area contributed by atoms with E-state index in [1.54, 1.807) is 30.3 Å². The maximum atomic E-state index is 12.8. The van der Waals surface area contributed by atoms with Crippen LogP contribution in [0.2, 0.25) is 0 Å². The van der Waals surface area contributed by atoms with Gasteiger partial charge in [0.05, 0.1) is 12.7 Å². The highest BCUT2D eigenvalue weighted by Gasteiger charge is 2.23. The molecule has 2 fully saturated rings. The summed E-state index contributed by atoms with van der Waals surface area (Å²) in [6.07, 6.45) is 7.89. The summed E-state index contributed by atoms with van der Waals surface area (Å²) >= 11 is 0. The Morgan fingerprint density at radius 3 is 2.28 bits per heavy atom. The molecular formula is C26H30N2O4. The highest BCUT2D eigenvalue weighted by Crippen LogP contribution is 2.32. The third-order valence-electron chi connectivity index (χ3n) is 5.46. The number of ether oxygens (including phenoxy) is 2. The molecule has 4 rings (SSSR count). The highest BCUT2D eigenvalue weighted by molar-refractivity contribution is 6.05. The standard InChI is InChI=1S/C26H30N2O4/c1-2-27-26(30)24(17-19-5-9-22(10-6-19)32-23-13-14-23)28-25(29)20-7-11-21(12-8-20)31-16-15-18-3-4-18/h5-12,17-18,23H,2-4,13-16H2,1H3,(H,27,30)(H,28,29). The van der Waals surface area contributed by atoms with Crippen LogP contribution in [0.3, 0.4) is 0 Å². The summed E-state index contributed by atoms with van der Waals surface area (Å²) in [7, 11) is 0. The van der Waals surface area contributed by atoms with Gasteiger partial charge in [0, 0.05) is 12.1 Å². The Bertz CT molecular complexity index is 958. The molecule has 0 heterocycles. The average molecular weight is 435 g/mol. The van der Waals surface area contributed by atoms with Crippen molar-refractivity contribution in [1.29, 1.82) is 0 Å². The first kappa shape index (κ1) is 21.9. The van der Waals surface area contributed by atoms with Gasteiger partial charge in [0.1, 0.15) is 17.2 Å². The van der Waals surface area contributed by atoms with Crippen molar-refractivity contribution < 1.29 is 19.1 Å². The van der Waals surface area contributed by atoms with Crippen LogP contribution in [-0.4, -0.2) is 31.1 Å². The van der Waals surface area contributed by atoms with Crippen molar-refractivity contribution in [2.24, 2.45) is 5.92 Å². The predicted octanol–water partition coefficient (Wildman–Crippen LogP) is 4.31. The Balaban J connectivity index is 1.40. The number of benzene rings is 2. The van der Waals surface area contributed by atoms with Crippen molar-refractivity contribution in [1.82, 2.24) is 10.6 Å². The Labute approximate surface area is 189 Å². The van der Waals surface area contributed by atoms with Crippen LogP contribution < -0.4 is 20.1 Å². The first-order valence-electron chi connectivity index (χ1n) is 11.4. The molecular weight excluding hydrogens is 404 g/mol. The molecule has 0 atom stereocenters. The molecule has 168 valence electrons. The fourth-order valence-electron chi connectivity index (χ4n) is 3.25. The van der Waals surface area contributed by atoms with E-state index in [9.17, 15) is 9.59 Å². The SMILES string of the molecule is CCNC(=O)C(=Cc1ccc(OC2CC2)cc1)NC(=O)c1ccc(OCCC2CC2)cc1. The molecule has 2 aromatic rings. The number of nitrogens with one attached hydrogen (secondary N) is 2. The molecule has 0 radical (unpaired) electrons. The first-order valence-corrected chi connectivity index (χ1v) is 11.4. The molecule has 6 nitrogen and oxygen atoms in total. The lowest BCUT2D eigenvalue weighted by Crippen LogP contribution is -2.34. The number of amides is 2. The third-order valence-corrected chi connectivity index (χ3v) is 5.46.